The van der Waals surface area contributed by atoms with Gasteiger partial charge in [0, 0.05) is 39.3 Å². The Morgan fingerprint density at radius 3 is 2.52 bits per heavy atom. The highest BCUT2D eigenvalue weighted by atomic mass is 16.3. The van der Waals surface area contributed by atoms with Gasteiger partial charge in [-0.05, 0) is 25.8 Å². The van der Waals surface area contributed by atoms with Gasteiger partial charge in [-0.3, -0.25) is 9.80 Å². The maximum atomic E-state index is 10.2. The van der Waals surface area contributed by atoms with Gasteiger partial charge < -0.3 is 5.11 Å². The molecule has 1 fully saturated rings. The molecule has 1 aliphatic heterocycles. The largest absolute Gasteiger partial charge is 0.390 e. The zero-order valence-electron chi connectivity index (χ0n) is 13.3. The van der Waals surface area contributed by atoms with Gasteiger partial charge in [0.15, 0.2) is 0 Å². The van der Waals surface area contributed by atoms with Crippen molar-refractivity contribution >= 4 is 0 Å². The van der Waals surface area contributed by atoms with Gasteiger partial charge in [0.25, 0.3) is 0 Å². The molecule has 3 heteroatoms. The van der Waals surface area contributed by atoms with E-state index in [2.05, 4.69) is 54.0 Å². The van der Waals surface area contributed by atoms with Crippen molar-refractivity contribution in [3.05, 3.63) is 47.5 Å². The molecule has 3 nitrogen and oxygen atoms in total. The van der Waals surface area contributed by atoms with Crippen LogP contribution < -0.4 is 0 Å². The average molecular weight is 288 g/mol. The molecule has 0 aromatic heterocycles. The van der Waals surface area contributed by atoms with Gasteiger partial charge in [-0.25, -0.2) is 0 Å². The van der Waals surface area contributed by atoms with Crippen molar-refractivity contribution in [3.8, 4) is 0 Å². The van der Waals surface area contributed by atoms with Gasteiger partial charge in [0.1, 0.15) is 0 Å². The van der Waals surface area contributed by atoms with E-state index in [4.69, 9.17) is 0 Å². The molecule has 21 heavy (non-hydrogen) atoms. The van der Waals surface area contributed by atoms with Crippen LogP contribution in [0.25, 0.3) is 0 Å². The van der Waals surface area contributed by atoms with Gasteiger partial charge in [-0.2, -0.15) is 0 Å². The van der Waals surface area contributed by atoms with Crippen LogP contribution in [0.4, 0.5) is 0 Å². The minimum Gasteiger partial charge on any atom is -0.390 e. The van der Waals surface area contributed by atoms with E-state index < -0.39 is 0 Å². The molecule has 1 heterocycles. The summed E-state index contributed by atoms with van der Waals surface area (Å²) in [5, 5.41) is 10.2. The van der Waals surface area contributed by atoms with Crippen LogP contribution in [0.1, 0.15) is 25.8 Å². The standard InChI is InChI=1S/C18H28N2O/c1-16(2)7-6-10-19-11-12-20(15-18(21)14-19)13-17-8-4-3-5-9-17/h3-5,7-9,18,21H,6,10-15H2,1-2H3. The number of benzene rings is 1. The minimum absolute atomic E-state index is 0.247. The first-order valence-electron chi connectivity index (χ1n) is 7.93. The molecule has 0 saturated carbocycles. The summed E-state index contributed by atoms with van der Waals surface area (Å²) < 4.78 is 0. The van der Waals surface area contributed by atoms with Crippen LogP contribution in [0, 0.1) is 0 Å². The third-order valence-electron chi connectivity index (χ3n) is 3.92. The average Bonchev–Trinajstić information content (AvgIpc) is 2.61. The zero-order chi connectivity index (χ0) is 15.1. The normalized spacial score (nSPS) is 21.0. The minimum atomic E-state index is -0.247. The Hall–Kier alpha value is -1.16. The SMILES string of the molecule is CC(C)=CCCN1CCN(Cc2ccccc2)CC(O)C1. The van der Waals surface area contributed by atoms with Crippen LogP contribution in [0.15, 0.2) is 42.0 Å². The second kappa shape index (κ2) is 8.32. The van der Waals surface area contributed by atoms with E-state index in [1.807, 2.05) is 6.07 Å². The van der Waals surface area contributed by atoms with E-state index >= 15 is 0 Å². The van der Waals surface area contributed by atoms with E-state index in [1.165, 1.54) is 11.1 Å². The third-order valence-corrected chi connectivity index (χ3v) is 3.92. The highest BCUT2D eigenvalue weighted by Gasteiger charge is 2.20. The van der Waals surface area contributed by atoms with Gasteiger partial charge >= 0.3 is 0 Å². The fourth-order valence-corrected chi connectivity index (χ4v) is 2.84. The second-order valence-corrected chi connectivity index (χ2v) is 6.25. The Bertz CT molecular complexity index is 440. The summed E-state index contributed by atoms with van der Waals surface area (Å²) in [5.41, 5.74) is 2.69. The number of β-amino-alcohol motifs (C(OH)–C–C–N with tert-alkyl or cyclic N) is 1. The Morgan fingerprint density at radius 1 is 1.14 bits per heavy atom. The van der Waals surface area contributed by atoms with Gasteiger partial charge in [-0.15, -0.1) is 0 Å². The summed E-state index contributed by atoms with van der Waals surface area (Å²) >= 11 is 0. The summed E-state index contributed by atoms with van der Waals surface area (Å²) in [7, 11) is 0. The number of nitrogens with zero attached hydrogens (tertiary/aromatic N) is 2. The number of aliphatic hydroxyl groups is 1. The molecule has 0 amide bonds. The Kier molecular flexibility index (Phi) is 6.43. The molecule has 1 aromatic rings. The molecule has 1 N–H and O–H groups in total. The molecular weight excluding hydrogens is 260 g/mol. The van der Waals surface area contributed by atoms with Crippen LogP contribution in [0.2, 0.25) is 0 Å². The Morgan fingerprint density at radius 2 is 1.81 bits per heavy atom. The van der Waals surface area contributed by atoms with Crippen molar-refractivity contribution in [1.29, 1.82) is 0 Å². The van der Waals surface area contributed by atoms with Crippen molar-refractivity contribution in [1.82, 2.24) is 9.80 Å². The molecule has 1 saturated heterocycles. The van der Waals surface area contributed by atoms with Crippen molar-refractivity contribution in [2.75, 3.05) is 32.7 Å². The highest BCUT2D eigenvalue weighted by Crippen LogP contribution is 2.10. The van der Waals surface area contributed by atoms with Gasteiger partial charge in [0.05, 0.1) is 6.10 Å². The quantitative estimate of drug-likeness (QED) is 0.844. The van der Waals surface area contributed by atoms with Crippen LogP contribution in [0.5, 0.6) is 0 Å². The molecule has 1 aliphatic rings. The number of rotatable bonds is 5. The zero-order valence-corrected chi connectivity index (χ0v) is 13.3. The lowest BCUT2D eigenvalue weighted by Crippen LogP contribution is -2.33. The molecule has 1 unspecified atom stereocenters. The predicted octanol–water partition coefficient (Wildman–Crippen LogP) is 2.52. The molecule has 0 radical (unpaired) electrons. The van der Waals surface area contributed by atoms with E-state index in [-0.39, 0.29) is 6.10 Å². The lowest BCUT2D eigenvalue weighted by Gasteiger charge is -2.21. The van der Waals surface area contributed by atoms with E-state index in [0.717, 1.165) is 45.7 Å². The van der Waals surface area contributed by atoms with Gasteiger partial charge in [0.2, 0.25) is 0 Å². The molecular formula is C18H28N2O. The van der Waals surface area contributed by atoms with E-state index in [1.54, 1.807) is 0 Å². The van der Waals surface area contributed by atoms with Crippen molar-refractivity contribution in [3.63, 3.8) is 0 Å². The van der Waals surface area contributed by atoms with Crippen LogP contribution >= 0.6 is 0 Å². The topological polar surface area (TPSA) is 26.7 Å². The van der Waals surface area contributed by atoms with Crippen molar-refractivity contribution < 1.29 is 5.11 Å². The smallest absolute Gasteiger partial charge is 0.0793 e. The Balaban J connectivity index is 1.84. The van der Waals surface area contributed by atoms with Crippen molar-refractivity contribution in [2.45, 2.75) is 32.9 Å². The van der Waals surface area contributed by atoms with Crippen LogP contribution in [-0.4, -0.2) is 53.7 Å². The second-order valence-electron chi connectivity index (χ2n) is 6.25. The first kappa shape index (κ1) is 16.2. The first-order valence-corrected chi connectivity index (χ1v) is 7.93. The fraction of sp³-hybridized carbons (Fsp3) is 0.556. The predicted molar refractivity (Wildman–Crippen MR) is 88.2 cm³/mol. The molecule has 1 atom stereocenters. The molecule has 0 aliphatic carbocycles. The lowest BCUT2D eigenvalue weighted by atomic mass is 10.2. The lowest BCUT2D eigenvalue weighted by molar-refractivity contribution is 0.108. The van der Waals surface area contributed by atoms with Crippen LogP contribution in [0.3, 0.4) is 0 Å². The molecule has 2 rings (SSSR count). The maximum absolute atomic E-state index is 10.2. The number of allylic oxidation sites excluding steroid dienone is 1. The van der Waals surface area contributed by atoms with E-state index in [0.29, 0.717) is 0 Å². The summed E-state index contributed by atoms with van der Waals surface area (Å²) in [5.74, 6) is 0. The summed E-state index contributed by atoms with van der Waals surface area (Å²) in [4.78, 5) is 4.75. The van der Waals surface area contributed by atoms with Gasteiger partial charge in [-0.1, -0.05) is 42.0 Å². The number of hydrogen-bond acceptors (Lipinski definition) is 3. The monoisotopic (exact) mass is 288 g/mol. The van der Waals surface area contributed by atoms with Crippen molar-refractivity contribution in [2.24, 2.45) is 0 Å². The number of aliphatic hydroxyl groups excluding tert-OH is 1. The summed E-state index contributed by atoms with van der Waals surface area (Å²) in [6, 6.07) is 10.5. The van der Waals surface area contributed by atoms with E-state index in [9.17, 15) is 5.11 Å². The first-order chi connectivity index (χ1) is 10.1. The molecule has 1 aromatic carbocycles. The number of hydrogen-bond donors (Lipinski definition) is 1. The highest BCUT2D eigenvalue weighted by molar-refractivity contribution is 5.14. The maximum Gasteiger partial charge on any atom is 0.0793 e. The summed E-state index contributed by atoms with van der Waals surface area (Å²) in [6.07, 6.45) is 3.11. The molecule has 116 valence electrons. The fourth-order valence-electron chi connectivity index (χ4n) is 2.84. The summed E-state index contributed by atoms with van der Waals surface area (Å²) in [6.45, 7) is 9.88. The van der Waals surface area contributed by atoms with Crippen LogP contribution in [-0.2, 0) is 6.54 Å². The molecule has 0 spiro atoms. The Labute approximate surface area is 128 Å². The molecule has 0 bridgehead atoms. The third kappa shape index (κ3) is 6.00.